The van der Waals surface area contributed by atoms with E-state index < -0.39 is 11.8 Å². The molecule has 5 nitrogen and oxygen atoms in total. The van der Waals surface area contributed by atoms with E-state index in [1.807, 2.05) is 6.07 Å². The summed E-state index contributed by atoms with van der Waals surface area (Å²) in [5, 5.41) is 18.6. The van der Waals surface area contributed by atoms with Crippen molar-refractivity contribution in [2.24, 2.45) is 0 Å². The van der Waals surface area contributed by atoms with Crippen LogP contribution < -0.4 is 9.47 Å². The van der Waals surface area contributed by atoms with Crippen LogP contribution in [0.15, 0.2) is 60.7 Å². The first-order chi connectivity index (χ1) is 14.9. The summed E-state index contributed by atoms with van der Waals surface area (Å²) >= 11 is 2.10. The highest BCUT2D eigenvalue weighted by Gasteiger charge is 2.13. The zero-order valence-electron chi connectivity index (χ0n) is 16.4. The minimum atomic E-state index is -1.00. The molecule has 0 heterocycles. The summed E-state index contributed by atoms with van der Waals surface area (Å²) in [6.07, 6.45) is 1.65. The summed E-state index contributed by atoms with van der Waals surface area (Å²) in [7, 11) is 1.51. The lowest BCUT2D eigenvalue weighted by Gasteiger charge is -2.14. The number of methoxy groups -OCH3 is 1. The second-order valence-corrected chi connectivity index (χ2v) is 7.67. The van der Waals surface area contributed by atoms with Crippen LogP contribution in [0.5, 0.6) is 11.5 Å². The van der Waals surface area contributed by atoms with Gasteiger partial charge in [-0.05, 0) is 81.8 Å². The van der Waals surface area contributed by atoms with Gasteiger partial charge in [0.2, 0.25) is 0 Å². The summed E-state index contributed by atoms with van der Waals surface area (Å²) in [5.41, 5.74) is 2.39. The van der Waals surface area contributed by atoms with Crippen LogP contribution in [-0.4, -0.2) is 18.2 Å². The number of ether oxygens (including phenoxy) is 2. The van der Waals surface area contributed by atoms with Gasteiger partial charge in [-0.1, -0.05) is 24.3 Å². The van der Waals surface area contributed by atoms with Gasteiger partial charge in [-0.3, -0.25) is 0 Å². The number of carboxylic acids is 1. The van der Waals surface area contributed by atoms with Crippen molar-refractivity contribution in [2.45, 2.75) is 6.61 Å². The fourth-order valence-electron chi connectivity index (χ4n) is 2.92. The number of carbonyl (C=O) groups is 1. The quantitative estimate of drug-likeness (QED) is 0.239. The molecule has 0 atom stereocenters. The molecule has 0 aliphatic heterocycles. The van der Waals surface area contributed by atoms with E-state index >= 15 is 0 Å². The number of benzene rings is 3. The van der Waals surface area contributed by atoms with Gasteiger partial charge in [0.1, 0.15) is 12.4 Å². The monoisotopic (exact) mass is 529 g/mol. The smallest absolute Gasteiger partial charge is 0.335 e. The number of nitriles is 1. The predicted molar refractivity (Wildman–Crippen MR) is 123 cm³/mol. The van der Waals surface area contributed by atoms with Crippen molar-refractivity contribution in [3.63, 3.8) is 0 Å². The molecule has 3 rings (SSSR count). The van der Waals surface area contributed by atoms with E-state index in [0.29, 0.717) is 33.8 Å². The van der Waals surface area contributed by atoms with Crippen molar-refractivity contribution in [2.75, 3.05) is 7.11 Å². The number of rotatable bonds is 7. The molecule has 156 valence electrons. The Morgan fingerprint density at radius 3 is 2.58 bits per heavy atom. The van der Waals surface area contributed by atoms with E-state index in [-0.39, 0.29) is 12.2 Å². The van der Waals surface area contributed by atoms with Crippen LogP contribution in [0, 0.1) is 20.7 Å². The minimum absolute atomic E-state index is 0.162. The Hall–Kier alpha value is -3.38. The Bertz CT molecular complexity index is 1200. The van der Waals surface area contributed by atoms with Gasteiger partial charge in [0.25, 0.3) is 0 Å². The topological polar surface area (TPSA) is 79.5 Å². The molecule has 3 aromatic rings. The van der Waals surface area contributed by atoms with Gasteiger partial charge in [0.15, 0.2) is 11.5 Å². The molecule has 0 saturated carbocycles. The van der Waals surface area contributed by atoms with Crippen molar-refractivity contribution >= 4 is 40.2 Å². The molecule has 0 aliphatic carbocycles. The third-order valence-electron chi connectivity index (χ3n) is 4.38. The van der Waals surface area contributed by atoms with Crippen molar-refractivity contribution in [1.82, 2.24) is 0 Å². The van der Waals surface area contributed by atoms with Crippen molar-refractivity contribution in [1.29, 1.82) is 5.26 Å². The number of aromatic carboxylic acids is 1. The Kier molecular flexibility index (Phi) is 7.26. The van der Waals surface area contributed by atoms with Crippen LogP contribution in [0.3, 0.4) is 0 Å². The van der Waals surface area contributed by atoms with Crippen LogP contribution >= 0.6 is 22.6 Å². The lowest BCUT2D eigenvalue weighted by molar-refractivity contribution is 0.0696. The standard InChI is InChI=1S/C24H17FINO4/c1-30-22-11-16(9-19(13-27)17-5-3-7-20(25)12-17)10-21(26)23(22)31-14-15-4-2-6-18(8-15)24(28)29/h2-12H,14H2,1H3,(H,28,29)/b19-9-. The van der Waals surface area contributed by atoms with E-state index in [2.05, 4.69) is 28.7 Å². The second-order valence-electron chi connectivity index (χ2n) is 6.51. The van der Waals surface area contributed by atoms with Crippen LogP contribution in [0.25, 0.3) is 11.6 Å². The highest BCUT2D eigenvalue weighted by molar-refractivity contribution is 14.1. The van der Waals surface area contributed by atoms with Crippen LogP contribution in [0.4, 0.5) is 4.39 Å². The molecule has 0 radical (unpaired) electrons. The average molecular weight is 529 g/mol. The lowest BCUT2D eigenvalue weighted by Crippen LogP contribution is -2.02. The Morgan fingerprint density at radius 1 is 1.16 bits per heavy atom. The maximum Gasteiger partial charge on any atom is 0.335 e. The van der Waals surface area contributed by atoms with Crippen molar-refractivity contribution in [3.05, 3.63) is 92.3 Å². The third-order valence-corrected chi connectivity index (χ3v) is 5.18. The number of carboxylic acid groups (broad SMARTS) is 1. The van der Waals surface area contributed by atoms with E-state index in [1.54, 1.807) is 42.5 Å². The molecular weight excluding hydrogens is 512 g/mol. The van der Waals surface area contributed by atoms with Gasteiger partial charge in [-0.15, -0.1) is 0 Å². The highest BCUT2D eigenvalue weighted by Crippen LogP contribution is 2.35. The van der Waals surface area contributed by atoms with Gasteiger partial charge in [0.05, 0.1) is 27.9 Å². The average Bonchev–Trinajstić information content (AvgIpc) is 2.76. The summed E-state index contributed by atoms with van der Waals surface area (Å²) in [4.78, 5) is 11.1. The van der Waals surface area contributed by atoms with Crippen LogP contribution in [-0.2, 0) is 6.61 Å². The maximum atomic E-state index is 13.5. The zero-order valence-corrected chi connectivity index (χ0v) is 18.6. The highest BCUT2D eigenvalue weighted by atomic mass is 127. The van der Waals surface area contributed by atoms with E-state index in [9.17, 15) is 14.4 Å². The van der Waals surface area contributed by atoms with Crippen molar-refractivity contribution in [3.8, 4) is 17.6 Å². The second kappa shape index (κ2) is 10.1. The van der Waals surface area contributed by atoms with E-state index in [4.69, 9.17) is 14.6 Å². The van der Waals surface area contributed by atoms with Crippen LogP contribution in [0.2, 0.25) is 0 Å². The fraction of sp³-hybridized carbons (Fsp3) is 0.0833. The Morgan fingerprint density at radius 2 is 1.90 bits per heavy atom. The van der Waals surface area contributed by atoms with E-state index in [0.717, 1.165) is 3.57 Å². The van der Waals surface area contributed by atoms with Gasteiger partial charge < -0.3 is 14.6 Å². The van der Waals surface area contributed by atoms with Crippen molar-refractivity contribution < 1.29 is 23.8 Å². The first-order valence-corrected chi connectivity index (χ1v) is 10.2. The molecule has 31 heavy (non-hydrogen) atoms. The number of halogens is 2. The molecule has 0 spiro atoms. The fourth-order valence-corrected chi connectivity index (χ4v) is 3.70. The maximum absolute atomic E-state index is 13.5. The molecule has 0 unspecified atom stereocenters. The number of allylic oxidation sites excluding steroid dienone is 1. The lowest BCUT2D eigenvalue weighted by atomic mass is 10.0. The molecule has 0 bridgehead atoms. The SMILES string of the molecule is COc1cc(/C=C(/C#N)c2cccc(F)c2)cc(I)c1OCc1cccc(C(=O)O)c1. The zero-order chi connectivity index (χ0) is 22.4. The van der Waals surface area contributed by atoms with Crippen LogP contribution in [0.1, 0.15) is 27.0 Å². The summed E-state index contributed by atoms with van der Waals surface area (Å²) < 4.78 is 25.6. The summed E-state index contributed by atoms with van der Waals surface area (Å²) in [5.74, 6) is -0.451. The Balaban J connectivity index is 1.89. The predicted octanol–water partition coefficient (Wildman–Crippen LogP) is 5.78. The van der Waals surface area contributed by atoms with E-state index in [1.165, 1.54) is 25.3 Å². The molecule has 0 amide bonds. The van der Waals surface area contributed by atoms with Gasteiger partial charge in [-0.2, -0.15) is 5.26 Å². The molecule has 3 aromatic carbocycles. The molecule has 0 aromatic heterocycles. The molecule has 0 fully saturated rings. The third kappa shape index (κ3) is 5.61. The van der Waals surface area contributed by atoms with Gasteiger partial charge in [-0.25, -0.2) is 9.18 Å². The first kappa shape index (κ1) is 22.3. The number of nitrogens with zero attached hydrogens (tertiary/aromatic N) is 1. The summed E-state index contributed by atoms with van der Waals surface area (Å²) in [6.45, 7) is 0.162. The molecule has 1 N–H and O–H groups in total. The largest absolute Gasteiger partial charge is 0.493 e. The minimum Gasteiger partial charge on any atom is -0.493 e. The Labute approximate surface area is 192 Å². The molecule has 0 aliphatic rings. The number of hydrogen-bond donors (Lipinski definition) is 1. The number of hydrogen-bond acceptors (Lipinski definition) is 4. The molecule has 0 saturated heterocycles. The normalized spacial score (nSPS) is 11.0. The first-order valence-electron chi connectivity index (χ1n) is 9.11. The molecule has 7 heteroatoms. The summed E-state index contributed by atoms with van der Waals surface area (Å²) in [6, 6.07) is 18.0. The van der Waals surface area contributed by atoms with Gasteiger partial charge in [0, 0.05) is 0 Å². The van der Waals surface area contributed by atoms with Gasteiger partial charge >= 0.3 is 5.97 Å². The molecular formula is C24H17FINO4.